The first kappa shape index (κ1) is 26.9. The van der Waals surface area contributed by atoms with Crippen LogP contribution >= 0.6 is 0 Å². The fraction of sp³-hybridized carbons (Fsp3) is 0.538. The van der Waals surface area contributed by atoms with Gasteiger partial charge in [-0.25, -0.2) is 0 Å². The predicted octanol–water partition coefficient (Wildman–Crippen LogP) is 0.333. The minimum atomic E-state index is -1.61. The number of aliphatic hydroxyl groups is 4. The molecule has 0 saturated carbocycles. The molecule has 3 aliphatic rings. The van der Waals surface area contributed by atoms with Crippen molar-refractivity contribution in [2.45, 2.75) is 49.2 Å². The third-order valence-corrected chi connectivity index (χ3v) is 7.48. The summed E-state index contributed by atoms with van der Waals surface area (Å²) in [5.74, 6) is -0.224. The van der Waals surface area contributed by atoms with Gasteiger partial charge in [0.25, 0.3) is 0 Å². The lowest BCUT2D eigenvalue weighted by molar-refractivity contribution is -0.341. The van der Waals surface area contributed by atoms with E-state index in [1.165, 1.54) is 26.4 Å². The van der Waals surface area contributed by atoms with E-state index in [0.717, 1.165) is 0 Å². The fourth-order valence-electron chi connectivity index (χ4n) is 5.45. The summed E-state index contributed by atoms with van der Waals surface area (Å²) in [5.41, 5.74) is 1.39. The number of hydrogen-bond donors (Lipinski definition) is 6. The van der Waals surface area contributed by atoms with Crippen LogP contribution in [0.4, 0.5) is 0 Å². The van der Waals surface area contributed by atoms with Gasteiger partial charge in [-0.3, -0.25) is 0 Å². The highest BCUT2D eigenvalue weighted by Gasteiger charge is 2.56. The van der Waals surface area contributed by atoms with Crippen molar-refractivity contribution in [3.63, 3.8) is 0 Å². The number of benzene rings is 2. The Kier molecular flexibility index (Phi) is 7.67. The number of rotatable bonds is 7. The maximum Gasteiger partial charge on any atom is 0.189 e. The molecule has 0 radical (unpaired) electrons. The lowest BCUT2D eigenvalue weighted by Gasteiger charge is -2.41. The van der Waals surface area contributed by atoms with E-state index in [1.54, 1.807) is 24.3 Å². The second-order valence-corrected chi connectivity index (χ2v) is 9.62. The Morgan fingerprint density at radius 3 is 1.97 bits per heavy atom. The minimum absolute atomic E-state index is 0.0309. The number of hydrogen-bond acceptors (Lipinski definition) is 12. The third-order valence-electron chi connectivity index (χ3n) is 7.48. The van der Waals surface area contributed by atoms with Crippen molar-refractivity contribution < 1.29 is 59.1 Å². The zero-order valence-electron chi connectivity index (χ0n) is 20.8. The van der Waals surface area contributed by atoms with Gasteiger partial charge in [0, 0.05) is 11.8 Å². The van der Waals surface area contributed by atoms with Gasteiger partial charge in [0.15, 0.2) is 35.6 Å². The Morgan fingerprint density at radius 2 is 1.39 bits per heavy atom. The SMILES string of the molecule is COc1cc([C@H]2O[C@H](O[C@@H]3O[C@H](CO)[C@@H](O)[C@H](O)[C@H]3O)[C@H]3[C@@H]2CO[C@H]3c2ccc(O)c(OC)c2)ccc1O. The first-order chi connectivity index (χ1) is 18.3. The zero-order chi connectivity index (χ0) is 27.1. The van der Waals surface area contributed by atoms with Crippen LogP contribution in [0.15, 0.2) is 36.4 Å². The molecule has 0 unspecified atom stereocenters. The van der Waals surface area contributed by atoms with E-state index in [-0.39, 0.29) is 35.5 Å². The molecule has 12 nitrogen and oxygen atoms in total. The molecule has 3 heterocycles. The van der Waals surface area contributed by atoms with E-state index in [2.05, 4.69) is 0 Å². The van der Waals surface area contributed by atoms with E-state index in [9.17, 15) is 30.6 Å². The Labute approximate surface area is 218 Å². The first-order valence-corrected chi connectivity index (χ1v) is 12.2. The van der Waals surface area contributed by atoms with Gasteiger partial charge in [0.05, 0.1) is 39.6 Å². The molecule has 2 aromatic rings. The number of aromatic hydroxyl groups is 2. The highest BCUT2D eigenvalue weighted by molar-refractivity contribution is 5.44. The van der Waals surface area contributed by atoms with Crippen molar-refractivity contribution in [1.29, 1.82) is 0 Å². The Morgan fingerprint density at radius 1 is 0.789 bits per heavy atom. The van der Waals surface area contributed by atoms with E-state index in [1.807, 2.05) is 0 Å². The van der Waals surface area contributed by atoms with Crippen molar-refractivity contribution in [2.75, 3.05) is 27.4 Å². The van der Waals surface area contributed by atoms with Gasteiger partial charge < -0.3 is 59.1 Å². The molecule has 3 saturated heterocycles. The largest absolute Gasteiger partial charge is 0.504 e. The minimum Gasteiger partial charge on any atom is -0.504 e. The van der Waals surface area contributed by atoms with Crippen LogP contribution in [0.2, 0.25) is 0 Å². The third kappa shape index (κ3) is 4.67. The molecule has 0 amide bonds. The highest BCUT2D eigenvalue weighted by atomic mass is 16.8. The average molecular weight is 537 g/mol. The molecule has 2 aromatic carbocycles. The molecular weight excluding hydrogens is 504 g/mol. The summed E-state index contributed by atoms with van der Waals surface area (Å²) in [6, 6.07) is 9.71. The van der Waals surface area contributed by atoms with Crippen molar-refractivity contribution in [2.24, 2.45) is 11.8 Å². The second kappa shape index (κ2) is 10.8. The summed E-state index contributed by atoms with van der Waals surface area (Å²) < 4.78 is 34.7. The molecule has 0 bridgehead atoms. The second-order valence-electron chi connectivity index (χ2n) is 9.62. The van der Waals surface area contributed by atoms with Gasteiger partial charge in [-0.15, -0.1) is 0 Å². The Bertz CT molecular complexity index is 1070. The maximum absolute atomic E-state index is 10.6. The summed E-state index contributed by atoms with van der Waals surface area (Å²) >= 11 is 0. The smallest absolute Gasteiger partial charge is 0.189 e. The Balaban J connectivity index is 1.48. The highest BCUT2D eigenvalue weighted by Crippen LogP contribution is 2.55. The van der Waals surface area contributed by atoms with Gasteiger partial charge in [0.2, 0.25) is 0 Å². The lowest BCUT2D eigenvalue weighted by atomic mass is 9.84. The molecule has 6 N–H and O–H groups in total. The first-order valence-electron chi connectivity index (χ1n) is 12.2. The average Bonchev–Trinajstić information content (AvgIpc) is 3.51. The summed E-state index contributed by atoms with van der Waals surface area (Å²) in [5, 5.41) is 60.7. The standard InChI is InChI=1S/C26H32O12/c1-33-16-7-11(3-5-14(16)28)23-13-10-35-24(12-4-6-15(29)17(8-12)34-2)19(13)25(37-23)38-26-22(32)21(31)20(30)18(9-27)36-26/h3-8,13,18-32H,9-10H2,1-2H3/t13-,18+,19-,20+,21-,22+,23+,24-,25+,26-/m0/s1. The molecule has 3 aliphatic heterocycles. The summed E-state index contributed by atoms with van der Waals surface area (Å²) in [7, 11) is 2.88. The molecule has 3 fully saturated rings. The summed E-state index contributed by atoms with van der Waals surface area (Å²) in [6.45, 7) is -0.321. The number of phenols is 2. The fourth-order valence-corrected chi connectivity index (χ4v) is 5.45. The molecule has 12 heteroatoms. The normalized spacial score (nSPS) is 36.7. The van der Waals surface area contributed by atoms with Gasteiger partial charge in [-0.1, -0.05) is 12.1 Å². The number of methoxy groups -OCH3 is 2. The van der Waals surface area contributed by atoms with Crippen LogP contribution in [-0.4, -0.2) is 95.1 Å². The van der Waals surface area contributed by atoms with Crippen LogP contribution in [0, 0.1) is 11.8 Å². The molecule has 208 valence electrons. The summed E-state index contributed by atoms with van der Waals surface area (Å²) in [6.07, 6.45) is -9.46. The number of phenolic OH excluding ortho intramolecular Hbond substituents is 2. The molecule has 38 heavy (non-hydrogen) atoms. The van der Waals surface area contributed by atoms with Crippen LogP contribution < -0.4 is 9.47 Å². The van der Waals surface area contributed by atoms with Crippen LogP contribution in [0.3, 0.4) is 0 Å². The lowest BCUT2D eigenvalue weighted by Crippen LogP contribution is -2.60. The quantitative estimate of drug-likeness (QED) is 0.286. The molecule has 0 aromatic heterocycles. The van der Waals surface area contributed by atoms with Gasteiger partial charge in [-0.2, -0.15) is 0 Å². The van der Waals surface area contributed by atoms with E-state index < -0.39 is 61.7 Å². The number of fused-ring (bicyclic) bond motifs is 1. The van der Waals surface area contributed by atoms with Gasteiger partial charge in [0.1, 0.15) is 24.4 Å². The van der Waals surface area contributed by atoms with E-state index >= 15 is 0 Å². The van der Waals surface area contributed by atoms with Crippen molar-refractivity contribution in [3.05, 3.63) is 47.5 Å². The van der Waals surface area contributed by atoms with E-state index in [4.69, 9.17) is 28.4 Å². The van der Waals surface area contributed by atoms with Crippen molar-refractivity contribution in [3.8, 4) is 23.0 Å². The molecule has 0 spiro atoms. The Hall–Kier alpha value is -2.68. The topological polar surface area (TPSA) is 177 Å². The molecule has 5 rings (SSSR count). The monoisotopic (exact) mass is 536 g/mol. The van der Waals surface area contributed by atoms with Crippen LogP contribution in [0.25, 0.3) is 0 Å². The van der Waals surface area contributed by atoms with Crippen LogP contribution in [0.1, 0.15) is 23.3 Å². The van der Waals surface area contributed by atoms with Gasteiger partial charge >= 0.3 is 0 Å². The van der Waals surface area contributed by atoms with Crippen molar-refractivity contribution in [1.82, 2.24) is 0 Å². The molecule has 10 atom stereocenters. The zero-order valence-corrected chi connectivity index (χ0v) is 20.8. The number of aliphatic hydroxyl groups excluding tert-OH is 4. The van der Waals surface area contributed by atoms with Gasteiger partial charge in [-0.05, 0) is 35.4 Å². The maximum atomic E-state index is 10.6. The molecular formula is C26H32O12. The molecule has 0 aliphatic carbocycles. The van der Waals surface area contributed by atoms with Crippen molar-refractivity contribution >= 4 is 0 Å². The van der Waals surface area contributed by atoms with Crippen LogP contribution in [-0.2, 0) is 18.9 Å². The number of ether oxygens (including phenoxy) is 6. The predicted molar refractivity (Wildman–Crippen MR) is 127 cm³/mol. The van der Waals surface area contributed by atoms with Crippen LogP contribution in [0.5, 0.6) is 23.0 Å². The summed E-state index contributed by atoms with van der Waals surface area (Å²) in [4.78, 5) is 0. The van der Waals surface area contributed by atoms with E-state index in [0.29, 0.717) is 11.1 Å².